The van der Waals surface area contributed by atoms with Crippen molar-refractivity contribution in [3.05, 3.63) is 74.3 Å². The average Bonchev–Trinajstić information content (AvgIpc) is 2.72. The molecular formula is C21H24N4O5S. The molecule has 0 radical (unpaired) electrons. The molecule has 0 fully saturated rings. The molecule has 0 bridgehead atoms. The van der Waals surface area contributed by atoms with E-state index < -0.39 is 27.0 Å². The minimum Gasteiger partial charge on any atom is -0.348 e. The first-order valence-corrected chi connectivity index (χ1v) is 11.3. The number of carbonyl (C=O) groups is 1. The van der Waals surface area contributed by atoms with Crippen LogP contribution in [0.15, 0.2) is 56.9 Å². The topological polar surface area (TPSA) is 130 Å². The van der Waals surface area contributed by atoms with E-state index in [2.05, 4.69) is 15.0 Å². The highest BCUT2D eigenvalue weighted by Gasteiger charge is 2.16. The first kappa shape index (κ1) is 22.4. The number of rotatable bonds is 7. The van der Waals surface area contributed by atoms with E-state index >= 15 is 0 Å². The highest BCUT2D eigenvalue weighted by molar-refractivity contribution is 7.89. The van der Waals surface area contributed by atoms with Crippen LogP contribution >= 0.6 is 0 Å². The number of sulfonamides is 1. The number of carbonyl (C=O) groups excluding carboxylic acids is 1. The maximum Gasteiger partial charge on any atom is 0.316 e. The molecule has 0 spiro atoms. The Balaban J connectivity index is 1.81. The van der Waals surface area contributed by atoms with Crippen LogP contribution in [0, 0.1) is 0 Å². The predicted molar refractivity (Wildman–Crippen MR) is 118 cm³/mol. The summed E-state index contributed by atoms with van der Waals surface area (Å²) in [6.45, 7) is 5.67. The van der Waals surface area contributed by atoms with Gasteiger partial charge in [0.2, 0.25) is 10.0 Å². The number of aromatic nitrogens is 2. The van der Waals surface area contributed by atoms with Crippen LogP contribution in [0.4, 0.5) is 0 Å². The van der Waals surface area contributed by atoms with Crippen LogP contribution in [0.25, 0.3) is 11.0 Å². The lowest BCUT2D eigenvalue weighted by Crippen LogP contribution is -2.36. The van der Waals surface area contributed by atoms with Gasteiger partial charge >= 0.3 is 11.1 Å². The number of H-pyrrole nitrogens is 1. The fraction of sp³-hybridized carbons (Fsp3) is 0.286. The first-order chi connectivity index (χ1) is 14.6. The number of nitrogens with zero attached hydrogens (tertiary/aromatic N) is 1. The molecule has 3 aromatic rings. The molecule has 0 aliphatic rings. The molecule has 2 aromatic carbocycles. The van der Waals surface area contributed by atoms with Crippen molar-refractivity contribution < 1.29 is 13.2 Å². The third kappa shape index (κ3) is 4.92. The van der Waals surface area contributed by atoms with E-state index in [1.54, 1.807) is 45.0 Å². The maximum atomic E-state index is 12.6. The Morgan fingerprint density at radius 1 is 1.13 bits per heavy atom. The second-order valence-electron chi connectivity index (χ2n) is 7.34. The Bertz CT molecular complexity index is 1360. The molecule has 1 amide bonds. The molecule has 31 heavy (non-hydrogen) atoms. The van der Waals surface area contributed by atoms with Gasteiger partial charge in [-0.15, -0.1) is 0 Å². The summed E-state index contributed by atoms with van der Waals surface area (Å²) in [5, 5.41) is 2.74. The zero-order valence-corrected chi connectivity index (χ0v) is 18.2. The molecule has 0 saturated heterocycles. The van der Waals surface area contributed by atoms with Gasteiger partial charge in [-0.3, -0.25) is 14.4 Å². The summed E-state index contributed by atoms with van der Waals surface area (Å²) in [7, 11) is -3.64. The van der Waals surface area contributed by atoms with Crippen molar-refractivity contribution in [2.45, 2.75) is 44.8 Å². The molecule has 1 aromatic heterocycles. The number of amides is 1. The Labute approximate surface area is 179 Å². The molecule has 3 rings (SSSR count). The zero-order valence-electron chi connectivity index (χ0n) is 17.4. The van der Waals surface area contributed by atoms with E-state index in [0.29, 0.717) is 28.7 Å². The van der Waals surface area contributed by atoms with Crippen LogP contribution in [-0.4, -0.2) is 29.9 Å². The normalized spacial score (nSPS) is 11.7. The van der Waals surface area contributed by atoms with Crippen LogP contribution in [0.3, 0.4) is 0 Å². The summed E-state index contributed by atoms with van der Waals surface area (Å²) in [4.78, 5) is 39.0. The number of benzene rings is 2. The quantitative estimate of drug-likeness (QED) is 0.473. The van der Waals surface area contributed by atoms with Crippen molar-refractivity contribution in [2.24, 2.45) is 0 Å². The lowest BCUT2D eigenvalue weighted by atomic mass is 10.1. The molecule has 0 saturated carbocycles. The Hall–Kier alpha value is -3.24. The molecule has 0 atom stereocenters. The maximum absolute atomic E-state index is 12.6. The molecular weight excluding hydrogens is 420 g/mol. The van der Waals surface area contributed by atoms with Gasteiger partial charge in [-0.1, -0.05) is 12.1 Å². The van der Waals surface area contributed by atoms with E-state index in [4.69, 9.17) is 0 Å². The average molecular weight is 445 g/mol. The molecule has 0 aliphatic carbocycles. The number of aromatic amines is 1. The van der Waals surface area contributed by atoms with Gasteiger partial charge in [0.25, 0.3) is 5.91 Å². The van der Waals surface area contributed by atoms with Crippen molar-refractivity contribution in [1.82, 2.24) is 19.6 Å². The number of hydrogen-bond donors (Lipinski definition) is 3. The van der Waals surface area contributed by atoms with E-state index in [-0.39, 0.29) is 17.5 Å². The number of hydrogen-bond acceptors (Lipinski definition) is 5. The minimum atomic E-state index is -3.64. The number of aryl methyl sites for hydroxylation is 1. The summed E-state index contributed by atoms with van der Waals surface area (Å²) in [6.07, 6.45) is 0. The molecule has 9 nitrogen and oxygen atoms in total. The van der Waals surface area contributed by atoms with Crippen LogP contribution in [-0.2, 0) is 23.1 Å². The van der Waals surface area contributed by atoms with E-state index in [1.165, 1.54) is 22.8 Å². The molecule has 0 unspecified atom stereocenters. The van der Waals surface area contributed by atoms with Crippen molar-refractivity contribution in [1.29, 1.82) is 0 Å². The Morgan fingerprint density at radius 3 is 2.55 bits per heavy atom. The largest absolute Gasteiger partial charge is 0.348 e. The van der Waals surface area contributed by atoms with Gasteiger partial charge < -0.3 is 14.9 Å². The van der Waals surface area contributed by atoms with E-state index in [1.807, 2.05) is 0 Å². The Kier molecular flexibility index (Phi) is 6.42. The fourth-order valence-corrected chi connectivity index (χ4v) is 4.54. The summed E-state index contributed by atoms with van der Waals surface area (Å²) < 4.78 is 28.5. The van der Waals surface area contributed by atoms with Crippen LogP contribution < -0.4 is 21.2 Å². The zero-order chi connectivity index (χ0) is 22.8. The summed E-state index contributed by atoms with van der Waals surface area (Å²) in [5.74, 6) is -0.398. The molecule has 164 valence electrons. The SMILES string of the molecule is CCn1c(=O)c(=O)[nH]c2cc(C(=O)NCc3cccc(S(=O)(=O)NC(C)C)c3)ccc21. The molecule has 3 N–H and O–H groups in total. The van der Waals surface area contributed by atoms with Gasteiger partial charge in [0.15, 0.2) is 0 Å². The standard InChI is InChI=1S/C21H24N4O5S/c1-4-25-18-9-8-15(11-17(18)23-20(27)21(25)28)19(26)22-12-14-6-5-7-16(10-14)31(29,30)24-13(2)3/h5-11,13,24H,4,12H2,1-3H3,(H,22,26)(H,23,27). The van der Waals surface area contributed by atoms with Gasteiger partial charge in [-0.2, -0.15) is 0 Å². The van der Waals surface area contributed by atoms with Gasteiger partial charge in [0, 0.05) is 24.7 Å². The monoisotopic (exact) mass is 444 g/mol. The first-order valence-electron chi connectivity index (χ1n) is 9.78. The van der Waals surface area contributed by atoms with E-state index in [0.717, 1.165) is 0 Å². The van der Waals surface area contributed by atoms with E-state index in [9.17, 15) is 22.8 Å². The Morgan fingerprint density at radius 2 is 1.87 bits per heavy atom. The molecule has 0 aliphatic heterocycles. The lowest BCUT2D eigenvalue weighted by molar-refractivity contribution is 0.0951. The fourth-order valence-electron chi connectivity index (χ4n) is 3.22. The van der Waals surface area contributed by atoms with Gasteiger partial charge in [-0.25, -0.2) is 13.1 Å². The third-order valence-electron chi connectivity index (χ3n) is 4.61. The highest BCUT2D eigenvalue weighted by atomic mass is 32.2. The third-order valence-corrected chi connectivity index (χ3v) is 6.26. The van der Waals surface area contributed by atoms with Gasteiger partial charge in [-0.05, 0) is 56.7 Å². The van der Waals surface area contributed by atoms with Crippen LogP contribution in [0.5, 0.6) is 0 Å². The van der Waals surface area contributed by atoms with Crippen LogP contribution in [0.1, 0.15) is 36.7 Å². The summed E-state index contributed by atoms with van der Waals surface area (Å²) >= 11 is 0. The summed E-state index contributed by atoms with van der Waals surface area (Å²) in [6, 6.07) is 10.8. The minimum absolute atomic E-state index is 0.118. The van der Waals surface area contributed by atoms with Gasteiger partial charge in [0.1, 0.15) is 0 Å². The second-order valence-corrected chi connectivity index (χ2v) is 9.06. The van der Waals surface area contributed by atoms with Gasteiger partial charge in [0.05, 0.1) is 15.9 Å². The lowest BCUT2D eigenvalue weighted by Gasteiger charge is -2.12. The highest BCUT2D eigenvalue weighted by Crippen LogP contribution is 2.14. The predicted octanol–water partition coefficient (Wildman–Crippen LogP) is 1.33. The second kappa shape index (κ2) is 8.86. The van der Waals surface area contributed by atoms with Crippen molar-refractivity contribution in [3.63, 3.8) is 0 Å². The number of nitrogens with one attached hydrogen (secondary N) is 3. The van der Waals surface area contributed by atoms with Crippen molar-refractivity contribution >= 4 is 27.0 Å². The number of fused-ring (bicyclic) bond motifs is 1. The molecule has 10 heteroatoms. The smallest absolute Gasteiger partial charge is 0.316 e. The van der Waals surface area contributed by atoms with Crippen LogP contribution in [0.2, 0.25) is 0 Å². The summed E-state index contributed by atoms with van der Waals surface area (Å²) in [5.41, 5.74) is 0.434. The van der Waals surface area contributed by atoms with Crippen molar-refractivity contribution in [2.75, 3.05) is 0 Å². The van der Waals surface area contributed by atoms with Crippen molar-refractivity contribution in [3.8, 4) is 0 Å². The molecule has 1 heterocycles.